The molecule has 0 saturated carbocycles. The molecule has 6 rings (SSSR count). The maximum Gasteiger partial charge on any atom is 0.255 e. The number of aliphatic imine (C=N–C) groups is 1. The predicted octanol–water partition coefficient (Wildman–Crippen LogP) is 6.81. The third-order valence-electron chi connectivity index (χ3n) is 13.7. The highest BCUT2D eigenvalue weighted by Gasteiger charge is 2.39. The molecule has 408 valence electrons. The Morgan fingerprint density at radius 3 is 2.13 bits per heavy atom. The number of ether oxygens (including phenoxy) is 4. The van der Waals surface area contributed by atoms with Gasteiger partial charge in [-0.15, -0.1) is 0 Å². The number of rotatable bonds is 33. The lowest BCUT2D eigenvalue weighted by molar-refractivity contribution is -0.123. The minimum absolute atomic E-state index is 0.0706. The molecule has 4 aromatic rings. The average molecular weight is 1050 g/mol. The van der Waals surface area contributed by atoms with Crippen LogP contribution in [0, 0.1) is 5.41 Å². The third-order valence-corrected chi connectivity index (χ3v) is 13.7. The Bertz CT molecular complexity index is 2550. The Labute approximate surface area is 446 Å². The highest BCUT2D eigenvalue weighted by Crippen LogP contribution is 2.32. The standard InChI is InChI=1S/C57H76N10O9/c1-41(62-54(71)44-13-10-14-45(39-44)65-57(25-29-66(2)30-26-57)56(60)64-52(58)43-23-27-61-28-24-43)42-19-21-46(22-20-42)76-34-9-4-3-7-32-73-35-37-75-38-36-74-33-8-5-6-18-51(69)63-49-16-11-15-47-48(49)40-67(55(47)72)50(53(59)70)17-12-31-68/h10-11,13-16,19-24,27-28,31,39,41,50,65H,3-9,12,17-18,25-26,29-30,32-38,40H2,1-2H3,(H2,59,70)(H,62,71)(H,63,69)(H3,58,60,64)/t41-,50?/m1/s1. The van der Waals surface area contributed by atoms with Gasteiger partial charge in [0, 0.05) is 91.7 Å². The smallest absolute Gasteiger partial charge is 0.255 e. The molecule has 2 aliphatic heterocycles. The van der Waals surface area contributed by atoms with E-state index in [0.717, 1.165) is 68.6 Å². The number of likely N-dealkylation sites (tertiary alicyclic amines) is 1. The van der Waals surface area contributed by atoms with E-state index in [1.165, 1.54) is 4.90 Å². The van der Waals surface area contributed by atoms with E-state index in [9.17, 15) is 24.0 Å². The van der Waals surface area contributed by atoms with Crippen molar-refractivity contribution >= 4 is 53.0 Å². The summed E-state index contributed by atoms with van der Waals surface area (Å²) in [4.78, 5) is 74.3. The zero-order valence-electron chi connectivity index (χ0n) is 44.1. The molecule has 2 aliphatic rings. The van der Waals surface area contributed by atoms with Gasteiger partial charge >= 0.3 is 0 Å². The number of amides is 4. The number of anilines is 2. The first-order chi connectivity index (χ1) is 36.9. The molecule has 2 atom stereocenters. The summed E-state index contributed by atoms with van der Waals surface area (Å²) < 4.78 is 23.0. The van der Waals surface area contributed by atoms with Gasteiger partial charge in [-0.1, -0.05) is 37.1 Å². The maximum atomic E-state index is 13.5. The van der Waals surface area contributed by atoms with E-state index in [0.29, 0.717) is 112 Å². The van der Waals surface area contributed by atoms with Crippen molar-refractivity contribution in [1.82, 2.24) is 20.1 Å². The Balaban J connectivity index is 0.756. The minimum Gasteiger partial charge on any atom is -0.494 e. The lowest BCUT2D eigenvalue weighted by Gasteiger charge is -2.41. The number of hydrogen-bond acceptors (Lipinski definition) is 13. The highest BCUT2D eigenvalue weighted by atomic mass is 16.5. The van der Waals surface area contributed by atoms with Gasteiger partial charge in [0.2, 0.25) is 11.8 Å². The van der Waals surface area contributed by atoms with Gasteiger partial charge in [0.1, 0.15) is 23.9 Å². The number of unbranched alkanes of at least 4 members (excludes halogenated alkanes) is 5. The molecule has 0 spiro atoms. The first-order valence-corrected chi connectivity index (χ1v) is 26.5. The van der Waals surface area contributed by atoms with Gasteiger partial charge in [0.25, 0.3) is 11.8 Å². The normalized spacial score (nSPS) is 15.1. The largest absolute Gasteiger partial charge is 0.494 e. The van der Waals surface area contributed by atoms with Crippen LogP contribution >= 0.6 is 0 Å². The van der Waals surface area contributed by atoms with Gasteiger partial charge < -0.3 is 61.0 Å². The molecular formula is C57H76N10O9. The highest BCUT2D eigenvalue weighted by molar-refractivity contribution is 6.08. The summed E-state index contributed by atoms with van der Waals surface area (Å²) in [6.45, 7) is 7.54. The number of amidine groups is 2. The molecule has 0 radical (unpaired) electrons. The molecule has 0 bridgehead atoms. The zero-order valence-corrected chi connectivity index (χ0v) is 44.1. The molecule has 76 heavy (non-hydrogen) atoms. The van der Waals surface area contributed by atoms with E-state index in [2.05, 4.69) is 37.9 Å². The summed E-state index contributed by atoms with van der Waals surface area (Å²) in [5.74, 6) is -0.179. The predicted molar refractivity (Wildman–Crippen MR) is 293 cm³/mol. The summed E-state index contributed by atoms with van der Waals surface area (Å²) in [7, 11) is 2.07. The van der Waals surface area contributed by atoms with E-state index in [1.54, 1.807) is 48.8 Å². The molecule has 3 heterocycles. The molecule has 4 amide bonds. The Morgan fingerprint density at radius 2 is 1.46 bits per heavy atom. The molecule has 3 aromatic carbocycles. The number of pyridine rings is 1. The van der Waals surface area contributed by atoms with Gasteiger partial charge in [-0.25, -0.2) is 4.99 Å². The van der Waals surface area contributed by atoms with Gasteiger partial charge in [0.15, 0.2) is 5.84 Å². The number of carbonyl (C=O) groups excluding carboxylic acids is 5. The Hall–Kier alpha value is -7.06. The Morgan fingerprint density at radius 1 is 0.816 bits per heavy atom. The molecule has 1 unspecified atom stereocenters. The van der Waals surface area contributed by atoms with Crippen molar-refractivity contribution in [3.8, 4) is 5.75 Å². The first kappa shape index (κ1) is 58.2. The summed E-state index contributed by atoms with van der Waals surface area (Å²) in [6, 6.07) is 22.6. The van der Waals surface area contributed by atoms with Gasteiger partial charge in [-0.3, -0.25) is 29.6 Å². The van der Waals surface area contributed by atoms with Crippen LogP contribution in [0.1, 0.15) is 127 Å². The number of aldehydes is 1. The number of benzene rings is 3. The van der Waals surface area contributed by atoms with Crippen LogP contribution in [0.15, 0.2) is 96.2 Å². The maximum absolute atomic E-state index is 13.5. The number of nitrogens with one attached hydrogen (secondary N) is 4. The van der Waals surface area contributed by atoms with Crippen molar-refractivity contribution < 1.29 is 42.9 Å². The number of aromatic nitrogens is 1. The summed E-state index contributed by atoms with van der Waals surface area (Å²) in [5, 5.41) is 18.2. The summed E-state index contributed by atoms with van der Waals surface area (Å²) >= 11 is 0. The van der Waals surface area contributed by atoms with Gasteiger partial charge in [-0.2, -0.15) is 0 Å². The molecule has 1 saturated heterocycles. The van der Waals surface area contributed by atoms with Crippen LogP contribution in [0.4, 0.5) is 11.4 Å². The van der Waals surface area contributed by atoms with Crippen LogP contribution in [0.2, 0.25) is 0 Å². The second kappa shape index (κ2) is 30.5. The van der Waals surface area contributed by atoms with Crippen molar-refractivity contribution in [3.63, 3.8) is 0 Å². The van der Waals surface area contributed by atoms with Crippen molar-refractivity contribution in [3.05, 3.63) is 119 Å². The minimum atomic E-state index is -0.895. The molecule has 0 aliphatic carbocycles. The number of nitrogens with two attached hydrogens (primary N) is 2. The molecule has 19 nitrogen and oxygen atoms in total. The second-order valence-electron chi connectivity index (χ2n) is 19.3. The van der Waals surface area contributed by atoms with Crippen molar-refractivity contribution in [1.29, 1.82) is 5.41 Å². The van der Waals surface area contributed by atoms with Crippen LogP contribution in [-0.2, 0) is 35.1 Å². The number of carbonyl (C=O) groups is 5. The number of piperidine rings is 1. The van der Waals surface area contributed by atoms with Crippen LogP contribution in [-0.4, -0.2) is 134 Å². The number of primary amides is 1. The lowest BCUT2D eigenvalue weighted by Crippen LogP contribution is -2.56. The first-order valence-electron chi connectivity index (χ1n) is 26.5. The summed E-state index contributed by atoms with van der Waals surface area (Å²) in [5.41, 5.74) is 16.0. The van der Waals surface area contributed by atoms with Gasteiger partial charge in [0.05, 0.1) is 44.6 Å². The SMILES string of the molecule is C[C@@H](NC(=O)c1cccc(NC2(C(N)=NC(=N)c3ccncc3)CCN(C)CC2)c1)c1ccc(OCCCCCCOCCOCCOCCCCCC(=O)Nc2cccc3c2CN(C(CCC=O)C(N)=O)C3=O)cc1. The molecule has 8 N–H and O–H groups in total. The fraction of sp³-hybridized carbons (Fsp3) is 0.474. The fourth-order valence-corrected chi connectivity index (χ4v) is 9.15. The van der Waals surface area contributed by atoms with Crippen molar-refractivity contribution in [2.45, 2.75) is 108 Å². The molecule has 1 aromatic heterocycles. The lowest BCUT2D eigenvalue weighted by atomic mass is 9.85. The monoisotopic (exact) mass is 1040 g/mol. The molecular weight excluding hydrogens is 969 g/mol. The summed E-state index contributed by atoms with van der Waals surface area (Å²) in [6.07, 6.45) is 12.2. The van der Waals surface area contributed by atoms with Crippen molar-refractivity contribution in [2.75, 3.05) is 77.0 Å². The quantitative estimate of drug-likeness (QED) is 0.0124. The van der Waals surface area contributed by atoms with Crippen LogP contribution in [0.3, 0.4) is 0 Å². The number of nitrogens with zero attached hydrogens (tertiary/aromatic N) is 4. The van der Waals surface area contributed by atoms with E-state index in [1.807, 2.05) is 49.4 Å². The van der Waals surface area contributed by atoms with E-state index in [-0.39, 0.29) is 49.0 Å². The van der Waals surface area contributed by atoms with Crippen LogP contribution in [0.5, 0.6) is 5.75 Å². The third kappa shape index (κ3) is 17.8. The van der Waals surface area contributed by atoms with Gasteiger partial charge in [-0.05, 0) is 125 Å². The Kier molecular flexibility index (Phi) is 23.3. The van der Waals surface area contributed by atoms with Crippen LogP contribution in [0.25, 0.3) is 0 Å². The van der Waals surface area contributed by atoms with E-state index in [4.69, 9.17) is 35.8 Å². The number of fused-ring (bicyclic) bond motifs is 1. The molecule has 19 heteroatoms. The van der Waals surface area contributed by atoms with E-state index < -0.39 is 17.5 Å². The van der Waals surface area contributed by atoms with Crippen molar-refractivity contribution in [2.24, 2.45) is 16.5 Å². The average Bonchev–Trinajstić information content (AvgIpc) is 3.77. The van der Waals surface area contributed by atoms with E-state index >= 15 is 0 Å². The number of hydrogen-bond donors (Lipinski definition) is 6. The zero-order chi connectivity index (χ0) is 54.1. The topological polar surface area (TPSA) is 266 Å². The molecule has 1 fully saturated rings. The fourth-order valence-electron chi connectivity index (χ4n) is 9.15. The van der Waals surface area contributed by atoms with Crippen LogP contribution < -0.4 is 32.2 Å². The second-order valence-corrected chi connectivity index (χ2v) is 19.3.